The Hall–Kier alpha value is -1.85. The fraction of sp³-hybridized carbons (Fsp3) is 0.615. The molecule has 0 aliphatic heterocycles. The molecule has 108 valence electrons. The number of carbonyl (C=O) groups excluding carboxylic acids is 2. The van der Waals surface area contributed by atoms with Crippen LogP contribution in [0.2, 0.25) is 0 Å². The van der Waals surface area contributed by atoms with Crippen molar-refractivity contribution >= 4 is 17.7 Å². The van der Waals surface area contributed by atoms with Gasteiger partial charge in [0.15, 0.2) is 5.90 Å². The molecule has 0 saturated carbocycles. The van der Waals surface area contributed by atoms with Crippen LogP contribution >= 0.6 is 0 Å². The second kappa shape index (κ2) is 10.1. The maximum atomic E-state index is 10.9. The molecule has 0 aromatic rings. The smallest absolute Gasteiger partial charge is 0.223 e. The minimum atomic E-state index is -0.0581. The normalized spacial score (nSPS) is 11.5. The van der Waals surface area contributed by atoms with E-state index in [0.717, 1.165) is 6.42 Å². The van der Waals surface area contributed by atoms with Gasteiger partial charge >= 0.3 is 0 Å². The maximum Gasteiger partial charge on any atom is 0.223 e. The summed E-state index contributed by atoms with van der Waals surface area (Å²) in [7, 11) is 3.34. The molecular formula is C13H23N3O3. The Morgan fingerprint density at radius 2 is 2.05 bits per heavy atom. The van der Waals surface area contributed by atoms with Gasteiger partial charge in [-0.2, -0.15) is 0 Å². The van der Waals surface area contributed by atoms with Gasteiger partial charge in [-0.3, -0.25) is 9.59 Å². The molecule has 0 aromatic carbocycles. The summed E-state index contributed by atoms with van der Waals surface area (Å²) in [4.78, 5) is 27.5. The predicted molar refractivity (Wildman–Crippen MR) is 74.8 cm³/mol. The van der Waals surface area contributed by atoms with E-state index in [1.807, 2.05) is 0 Å². The summed E-state index contributed by atoms with van der Waals surface area (Å²) in [5.74, 6) is 0.526. The highest BCUT2D eigenvalue weighted by atomic mass is 16.5. The molecule has 0 saturated heterocycles. The minimum Gasteiger partial charge on any atom is -0.481 e. The lowest BCUT2D eigenvalue weighted by Gasteiger charge is -2.14. The summed E-state index contributed by atoms with van der Waals surface area (Å²) >= 11 is 0. The summed E-state index contributed by atoms with van der Waals surface area (Å²) in [6.45, 7) is 4.45. The van der Waals surface area contributed by atoms with Gasteiger partial charge in [-0.15, -0.1) is 0 Å². The van der Waals surface area contributed by atoms with Crippen molar-refractivity contribution in [3.8, 4) is 0 Å². The van der Waals surface area contributed by atoms with Crippen LogP contribution in [0.15, 0.2) is 17.3 Å². The lowest BCUT2D eigenvalue weighted by atomic mass is 10.4. The van der Waals surface area contributed by atoms with Crippen LogP contribution in [0.4, 0.5) is 0 Å². The van der Waals surface area contributed by atoms with E-state index in [9.17, 15) is 9.59 Å². The lowest BCUT2D eigenvalue weighted by molar-refractivity contribution is -0.127. The molecule has 0 aliphatic rings. The number of aliphatic imine (C=N–C) groups is 1. The monoisotopic (exact) mass is 269 g/mol. The van der Waals surface area contributed by atoms with Crippen LogP contribution in [0, 0.1) is 0 Å². The van der Waals surface area contributed by atoms with Gasteiger partial charge < -0.3 is 15.0 Å². The first-order chi connectivity index (χ1) is 8.97. The van der Waals surface area contributed by atoms with E-state index in [4.69, 9.17) is 4.74 Å². The Bertz CT molecular complexity index is 351. The Morgan fingerprint density at radius 1 is 1.37 bits per heavy atom. The molecule has 1 N–H and O–H groups in total. The van der Waals surface area contributed by atoms with Crippen LogP contribution in [0.3, 0.4) is 0 Å². The summed E-state index contributed by atoms with van der Waals surface area (Å²) < 4.78 is 5.37. The van der Waals surface area contributed by atoms with Crippen LogP contribution in [0.5, 0.6) is 0 Å². The number of rotatable bonds is 7. The van der Waals surface area contributed by atoms with E-state index in [2.05, 4.69) is 10.3 Å². The van der Waals surface area contributed by atoms with Crippen molar-refractivity contribution in [2.24, 2.45) is 4.99 Å². The van der Waals surface area contributed by atoms with Crippen molar-refractivity contribution in [2.45, 2.75) is 26.7 Å². The van der Waals surface area contributed by atoms with Gasteiger partial charge in [0.25, 0.3) is 0 Å². The Kier molecular flexibility index (Phi) is 9.12. The van der Waals surface area contributed by atoms with Crippen molar-refractivity contribution in [3.63, 3.8) is 0 Å². The molecule has 0 aliphatic carbocycles. The largest absolute Gasteiger partial charge is 0.481 e. The molecule has 0 heterocycles. The Labute approximate surface area is 114 Å². The zero-order chi connectivity index (χ0) is 14.7. The van der Waals surface area contributed by atoms with E-state index in [1.54, 1.807) is 38.2 Å². The second-order valence-corrected chi connectivity index (χ2v) is 4.05. The molecule has 19 heavy (non-hydrogen) atoms. The summed E-state index contributed by atoms with van der Waals surface area (Å²) in [6.07, 6.45) is 4.27. The molecule has 6 nitrogen and oxygen atoms in total. The molecule has 0 bridgehead atoms. The van der Waals surface area contributed by atoms with Crippen LogP contribution in [-0.4, -0.2) is 49.9 Å². The van der Waals surface area contributed by atoms with E-state index < -0.39 is 0 Å². The van der Waals surface area contributed by atoms with Crippen LogP contribution in [0.1, 0.15) is 26.7 Å². The van der Waals surface area contributed by atoms with Crippen LogP contribution in [0.25, 0.3) is 0 Å². The third-order valence-electron chi connectivity index (χ3n) is 2.43. The van der Waals surface area contributed by atoms with E-state index in [1.165, 1.54) is 6.92 Å². The summed E-state index contributed by atoms with van der Waals surface area (Å²) in [5, 5.41) is 2.51. The van der Waals surface area contributed by atoms with Gasteiger partial charge in [-0.05, 0) is 6.42 Å². The van der Waals surface area contributed by atoms with Crippen molar-refractivity contribution in [1.82, 2.24) is 10.2 Å². The SMILES string of the molecule is CNC(=O)C/C=C\N=C(/C)OCCCN(C)C(C)=O. The number of amides is 2. The number of hydrogen-bond donors (Lipinski definition) is 1. The fourth-order valence-corrected chi connectivity index (χ4v) is 1.14. The first-order valence-electron chi connectivity index (χ1n) is 6.22. The highest BCUT2D eigenvalue weighted by molar-refractivity contribution is 5.77. The van der Waals surface area contributed by atoms with Crippen molar-refractivity contribution < 1.29 is 14.3 Å². The highest BCUT2D eigenvalue weighted by Gasteiger charge is 2.01. The molecule has 0 radical (unpaired) electrons. The van der Waals surface area contributed by atoms with Crippen LogP contribution in [-0.2, 0) is 14.3 Å². The van der Waals surface area contributed by atoms with Crippen LogP contribution < -0.4 is 5.32 Å². The minimum absolute atomic E-state index is 0.0440. The number of nitrogens with one attached hydrogen (secondary N) is 1. The topological polar surface area (TPSA) is 71.0 Å². The molecule has 6 heteroatoms. The van der Waals surface area contributed by atoms with Gasteiger partial charge in [0.05, 0.1) is 6.61 Å². The van der Waals surface area contributed by atoms with Gasteiger partial charge in [-0.25, -0.2) is 4.99 Å². The number of hydrogen-bond acceptors (Lipinski definition) is 4. The maximum absolute atomic E-state index is 10.9. The molecule has 2 amide bonds. The molecule has 0 aromatic heterocycles. The van der Waals surface area contributed by atoms with E-state index in [-0.39, 0.29) is 11.8 Å². The first-order valence-corrected chi connectivity index (χ1v) is 6.22. The number of carbonyl (C=O) groups is 2. The molecule has 0 unspecified atom stereocenters. The number of ether oxygens (including phenoxy) is 1. The quantitative estimate of drug-likeness (QED) is 0.425. The highest BCUT2D eigenvalue weighted by Crippen LogP contribution is 1.92. The Morgan fingerprint density at radius 3 is 2.63 bits per heavy atom. The number of nitrogens with zero attached hydrogens (tertiary/aromatic N) is 2. The fourth-order valence-electron chi connectivity index (χ4n) is 1.14. The molecule has 0 spiro atoms. The predicted octanol–water partition coefficient (Wildman–Crippen LogP) is 0.940. The average molecular weight is 269 g/mol. The van der Waals surface area contributed by atoms with Gasteiger partial charge in [0, 0.05) is 47.1 Å². The van der Waals surface area contributed by atoms with Gasteiger partial charge in [0.2, 0.25) is 11.8 Å². The summed E-state index contributed by atoms with van der Waals surface area (Å²) in [5.41, 5.74) is 0. The standard InChI is InChI=1S/C13H23N3O3/c1-11(15-8-5-7-13(18)14-3)19-10-6-9-16(4)12(2)17/h5,8H,6-7,9-10H2,1-4H3,(H,14,18)/b8-5-,15-11+. The summed E-state index contributed by atoms with van der Waals surface area (Å²) in [6, 6.07) is 0. The average Bonchev–Trinajstić information content (AvgIpc) is 2.38. The Balaban J connectivity index is 3.76. The van der Waals surface area contributed by atoms with Crippen molar-refractivity contribution in [1.29, 1.82) is 0 Å². The lowest BCUT2D eigenvalue weighted by Crippen LogP contribution is -2.25. The van der Waals surface area contributed by atoms with Gasteiger partial charge in [-0.1, -0.05) is 6.08 Å². The molecule has 0 rings (SSSR count). The zero-order valence-corrected chi connectivity index (χ0v) is 12.1. The third-order valence-corrected chi connectivity index (χ3v) is 2.43. The third kappa shape index (κ3) is 9.82. The zero-order valence-electron chi connectivity index (χ0n) is 12.1. The first kappa shape index (κ1) is 17.2. The second-order valence-electron chi connectivity index (χ2n) is 4.05. The molecular weight excluding hydrogens is 246 g/mol. The van der Waals surface area contributed by atoms with E-state index >= 15 is 0 Å². The van der Waals surface area contributed by atoms with Crippen molar-refractivity contribution in [3.05, 3.63) is 12.3 Å². The van der Waals surface area contributed by atoms with Crippen molar-refractivity contribution in [2.75, 3.05) is 27.2 Å². The van der Waals surface area contributed by atoms with Gasteiger partial charge in [0.1, 0.15) is 0 Å². The molecule has 0 atom stereocenters. The van der Waals surface area contributed by atoms with E-state index in [0.29, 0.717) is 25.5 Å². The molecule has 0 fully saturated rings.